The van der Waals surface area contributed by atoms with Gasteiger partial charge in [0, 0.05) is 12.0 Å². The number of allylic oxidation sites excluding steroid dienone is 2. The summed E-state index contributed by atoms with van der Waals surface area (Å²) >= 11 is 10.8. The Hall–Kier alpha value is -0.190. The summed E-state index contributed by atoms with van der Waals surface area (Å²) in [6.45, 7) is 0. The summed E-state index contributed by atoms with van der Waals surface area (Å²) in [7, 11) is 0. The second-order valence-corrected chi connectivity index (χ2v) is 2.03. The molecule has 1 atom stereocenters. The van der Waals surface area contributed by atoms with Gasteiger partial charge in [-0.05, 0) is 0 Å². The fourth-order valence-electron chi connectivity index (χ4n) is 0.199. The highest BCUT2D eigenvalue weighted by Gasteiger charge is 1.92. The van der Waals surface area contributed by atoms with Crippen LogP contribution in [0.15, 0.2) is 12.2 Å². The topological polar surface area (TPSA) is 23.8 Å². The van der Waals surface area contributed by atoms with Crippen LogP contribution in [0.5, 0.6) is 0 Å². The Bertz CT molecular complexity index is 114. The van der Waals surface area contributed by atoms with Crippen molar-refractivity contribution < 1.29 is 0 Å². The average Bonchev–Trinajstić information content (AvgIpc) is 1.83. The van der Waals surface area contributed by atoms with E-state index in [0.29, 0.717) is 5.88 Å². The Morgan fingerprint density at radius 1 is 1.75 bits per heavy atom. The molecule has 44 valence electrons. The Labute approximate surface area is 58.5 Å². The Kier molecular flexibility index (Phi) is 4.84. The van der Waals surface area contributed by atoms with Crippen LogP contribution in [-0.4, -0.2) is 11.3 Å². The van der Waals surface area contributed by atoms with Gasteiger partial charge in [0.1, 0.15) is 0 Å². The number of nitrogens with zero attached hydrogens (tertiary/aromatic N) is 1. The standard InChI is InChI=1S/C5H5Cl2N/c6-4-5(7)2-1-3-8/h1-2,5H,4H2. The van der Waals surface area contributed by atoms with E-state index in [4.69, 9.17) is 28.5 Å². The molecule has 1 nitrogen and oxygen atoms in total. The zero-order valence-corrected chi connectivity index (χ0v) is 5.65. The highest BCUT2D eigenvalue weighted by Crippen LogP contribution is 1.98. The molecule has 0 aromatic carbocycles. The lowest BCUT2D eigenvalue weighted by Gasteiger charge is -1.90. The van der Waals surface area contributed by atoms with Crippen molar-refractivity contribution in [3.63, 3.8) is 0 Å². The van der Waals surface area contributed by atoms with Gasteiger partial charge in [0.25, 0.3) is 0 Å². The van der Waals surface area contributed by atoms with Crippen LogP contribution in [0.2, 0.25) is 0 Å². The Balaban J connectivity index is 3.40. The van der Waals surface area contributed by atoms with Crippen LogP contribution in [0.4, 0.5) is 0 Å². The minimum absolute atomic E-state index is 0.212. The molecule has 0 N–H and O–H groups in total. The molecule has 0 aromatic rings. The molecule has 0 aromatic heterocycles. The van der Waals surface area contributed by atoms with Crippen LogP contribution in [0.1, 0.15) is 0 Å². The highest BCUT2D eigenvalue weighted by atomic mass is 35.5. The first-order chi connectivity index (χ1) is 3.81. The normalized spacial score (nSPS) is 13.6. The largest absolute Gasteiger partial charge is 0.193 e. The molecule has 0 bridgehead atoms. The summed E-state index contributed by atoms with van der Waals surface area (Å²) in [4.78, 5) is 0. The SMILES string of the molecule is N#CC=CC(Cl)CCl. The maximum absolute atomic E-state index is 7.97. The summed E-state index contributed by atoms with van der Waals surface area (Å²) in [6, 6.07) is 1.81. The van der Waals surface area contributed by atoms with Gasteiger partial charge >= 0.3 is 0 Å². The molecule has 0 radical (unpaired) electrons. The number of hydrogen-bond donors (Lipinski definition) is 0. The van der Waals surface area contributed by atoms with E-state index >= 15 is 0 Å². The third-order valence-electron chi connectivity index (χ3n) is 0.527. The maximum Gasteiger partial charge on any atom is 0.0909 e. The first-order valence-electron chi connectivity index (χ1n) is 2.07. The molecular formula is C5H5Cl2N. The van der Waals surface area contributed by atoms with Crippen molar-refractivity contribution in [1.82, 2.24) is 0 Å². The van der Waals surface area contributed by atoms with Gasteiger partial charge < -0.3 is 0 Å². The van der Waals surface area contributed by atoms with Gasteiger partial charge in [-0.2, -0.15) is 5.26 Å². The molecule has 0 aliphatic heterocycles. The summed E-state index contributed by atoms with van der Waals surface area (Å²) in [5, 5.41) is 7.76. The van der Waals surface area contributed by atoms with Crippen LogP contribution in [-0.2, 0) is 0 Å². The van der Waals surface area contributed by atoms with E-state index in [2.05, 4.69) is 0 Å². The van der Waals surface area contributed by atoms with E-state index in [0.717, 1.165) is 0 Å². The van der Waals surface area contributed by atoms with E-state index in [9.17, 15) is 0 Å². The van der Waals surface area contributed by atoms with E-state index < -0.39 is 0 Å². The first kappa shape index (κ1) is 7.81. The van der Waals surface area contributed by atoms with Crippen LogP contribution in [0.3, 0.4) is 0 Å². The molecule has 0 heterocycles. The third kappa shape index (κ3) is 3.98. The summed E-state index contributed by atoms with van der Waals surface area (Å²) < 4.78 is 0. The number of halogens is 2. The maximum atomic E-state index is 7.97. The van der Waals surface area contributed by atoms with Crippen molar-refractivity contribution in [2.24, 2.45) is 0 Å². The first-order valence-corrected chi connectivity index (χ1v) is 3.04. The van der Waals surface area contributed by atoms with Gasteiger partial charge in [-0.3, -0.25) is 0 Å². The molecule has 0 fully saturated rings. The van der Waals surface area contributed by atoms with Crippen molar-refractivity contribution in [2.45, 2.75) is 5.38 Å². The summed E-state index contributed by atoms with van der Waals surface area (Å²) in [5.74, 6) is 0.347. The zero-order valence-electron chi connectivity index (χ0n) is 4.14. The van der Waals surface area contributed by atoms with E-state index in [1.807, 2.05) is 6.07 Å². The van der Waals surface area contributed by atoms with Crippen molar-refractivity contribution in [2.75, 3.05) is 5.88 Å². The fourth-order valence-corrected chi connectivity index (χ4v) is 0.374. The molecule has 3 heteroatoms. The molecule has 0 saturated heterocycles. The van der Waals surface area contributed by atoms with Gasteiger partial charge in [0.2, 0.25) is 0 Å². The summed E-state index contributed by atoms with van der Waals surface area (Å²) in [5.41, 5.74) is 0. The van der Waals surface area contributed by atoms with Gasteiger partial charge in [-0.1, -0.05) is 6.08 Å². The Morgan fingerprint density at radius 3 is 2.75 bits per heavy atom. The Morgan fingerprint density at radius 2 is 2.38 bits per heavy atom. The van der Waals surface area contributed by atoms with Gasteiger partial charge in [0.05, 0.1) is 11.4 Å². The van der Waals surface area contributed by atoms with Crippen molar-refractivity contribution in [3.8, 4) is 6.07 Å². The molecule has 0 spiro atoms. The lowest BCUT2D eigenvalue weighted by molar-refractivity contribution is 1.24. The lowest BCUT2D eigenvalue weighted by Crippen LogP contribution is -1.92. The van der Waals surface area contributed by atoms with Crippen molar-refractivity contribution >= 4 is 23.2 Å². The predicted molar refractivity (Wildman–Crippen MR) is 35.1 cm³/mol. The minimum atomic E-state index is -0.212. The van der Waals surface area contributed by atoms with Gasteiger partial charge in [0.15, 0.2) is 0 Å². The monoisotopic (exact) mass is 149 g/mol. The number of alkyl halides is 2. The van der Waals surface area contributed by atoms with Crippen LogP contribution in [0.25, 0.3) is 0 Å². The second kappa shape index (κ2) is 4.96. The van der Waals surface area contributed by atoms with E-state index in [1.54, 1.807) is 6.08 Å². The van der Waals surface area contributed by atoms with Crippen LogP contribution >= 0.6 is 23.2 Å². The van der Waals surface area contributed by atoms with E-state index in [-0.39, 0.29) is 5.38 Å². The zero-order chi connectivity index (χ0) is 6.41. The average molecular weight is 150 g/mol. The molecule has 0 aliphatic carbocycles. The quantitative estimate of drug-likeness (QED) is 0.435. The molecule has 0 aliphatic rings. The molecule has 1 unspecified atom stereocenters. The van der Waals surface area contributed by atoms with Crippen molar-refractivity contribution in [1.29, 1.82) is 5.26 Å². The fraction of sp³-hybridized carbons (Fsp3) is 0.400. The molecular weight excluding hydrogens is 145 g/mol. The number of nitriles is 1. The van der Waals surface area contributed by atoms with Gasteiger partial charge in [-0.15, -0.1) is 23.2 Å². The molecule has 0 amide bonds. The van der Waals surface area contributed by atoms with E-state index in [1.165, 1.54) is 6.08 Å². The third-order valence-corrected chi connectivity index (χ3v) is 1.32. The summed E-state index contributed by atoms with van der Waals surface area (Å²) in [6.07, 6.45) is 2.87. The second-order valence-electron chi connectivity index (χ2n) is 1.16. The number of hydrogen-bond acceptors (Lipinski definition) is 1. The van der Waals surface area contributed by atoms with Gasteiger partial charge in [-0.25, -0.2) is 0 Å². The van der Waals surface area contributed by atoms with Crippen LogP contribution < -0.4 is 0 Å². The van der Waals surface area contributed by atoms with Crippen LogP contribution in [0, 0.1) is 11.3 Å². The molecule has 0 rings (SSSR count). The molecule has 0 saturated carbocycles. The smallest absolute Gasteiger partial charge is 0.0909 e. The minimum Gasteiger partial charge on any atom is -0.193 e. The predicted octanol–water partition coefficient (Wildman–Crippen LogP) is 1.91. The van der Waals surface area contributed by atoms with Crippen molar-refractivity contribution in [3.05, 3.63) is 12.2 Å². The number of rotatable bonds is 2. The highest BCUT2D eigenvalue weighted by molar-refractivity contribution is 6.28. The lowest BCUT2D eigenvalue weighted by atomic mass is 10.4. The molecule has 8 heavy (non-hydrogen) atoms.